The van der Waals surface area contributed by atoms with E-state index in [-0.39, 0.29) is 10.6 Å². The van der Waals surface area contributed by atoms with Gasteiger partial charge in [-0.3, -0.25) is 0 Å². The lowest BCUT2D eigenvalue weighted by Gasteiger charge is -2.13. The van der Waals surface area contributed by atoms with Gasteiger partial charge in [-0.25, -0.2) is 18.5 Å². The Bertz CT molecular complexity index is 1380. The first kappa shape index (κ1) is 21.8. The fourth-order valence-corrected chi connectivity index (χ4v) is 4.08. The highest BCUT2D eigenvalue weighted by molar-refractivity contribution is 7.89. The Morgan fingerprint density at radius 3 is 2.38 bits per heavy atom. The molecule has 0 aliphatic heterocycles. The van der Waals surface area contributed by atoms with Crippen molar-refractivity contribution in [3.63, 3.8) is 0 Å². The zero-order chi connectivity index (χ0) is 23.1. The van der Waals surface area contributed by atoms with Gasteiger partial charge in [0.15, 0.2) is 6.10 Å². The zero-order valence-corrected chi connectivity index (χ0v) is 17.5. The third-order valence-electron chi connectivity index (χ3n) is 4.89. The smallest absolute Gasteiger partial charge is 0.416 e. The first-order valence-corrected chi connectivity index (χ1v) is 11.0. The lowest BCUT2D eigenvalue weighted by atomic mass is 10.1. The summed E-state index contributed by atoms with van der Waals surface area (Å²) in [4.78, 5) is 7.63. The van der Waals surface area contributed by atoms with Crippen LogP contribution in [0.1, 0.15) is 24.4 Å². The van der Waals surface area contributed by atoms with Gasteiger partial charge in [0.1, 0.15) is 11.6 Å². The number of alkyl halides is 3. The van der Waals surface area contributed by atoms with E-state index in [2.05, 4.69) is 9.97 Å². The number of nitrogens with one attached hydrogen (secondary N) is 1. The third kappa shape index (κ3) is 4.46. The van der Waals surface area contributed by atoms with Crippen molar-refractivity contribution >= 4 is 21.1 Å². The summed E-state index contributed by atoms with van der Waals surface area (Å²) in [5.41, 5.74) is 1.59. The van der Waals surface area contributed by atoms with Crippen LogP contribution in [0.5, 0.6) is 5.75 Å². The molecule has 0 radical (unpaired) electrons. The van der Waals surface area contributed by atoms with Crippen LogP contribution < -0.4 is 9.88 Å². The second-order valence-corrected chi connectivity index (χ2v) is 8.71. The number of hydrogen-bond acceptors (Lipinski definition) is 4. The minimum absolute atomic E-state index is 0.00844. The highest BCUT2D eigenvalue weighted by Crippen LogP contribution is 2.32. The number of benzene rings is 3. The van der Waals surface area contributed by atoms with Crippen LogP contribution in [0.4, 0.5) is 13.2 Å². The van der Waals surface area contributed by atoms with Crippen molar-refractivity contribution in [3.05, 3.63) is 78.1 Å². The van der Waals surface area contributed by atoms with Crippen molar-refractivity contribution in [2.45, 2.75) is 24.1 Å². The monoisotopic (exact) mass is 461 g/mol. The maximum Gasteiger partial charge on any atom is 0.416 e. The molecule has 0 bridgehead atoms. The number of aromatic amines is 1. The molecule has 1 aromatic heterocycles. The van der Waals surface area contributed by atoms with E-state index in [1.165, 1.54) is 18.2 Å². The highest BCUT2D eigenvalue weighted by atomic mass is 32.2. The molecule has 0 amide bonds. The van der Waals surface area contributed by atoms with E-state index in [1.54, 1.807) is 43.3 Å². The molecule has 4 rings (SSSR count). The van der Waals surface area contributed by atoms with Gasteiger partial charge in [-0.15, -0.1) is 0 Å². The molecule has 0 fully saturated rings. The van der Waals surface area contributed by atoms with Crippen molar-refractivity contribution in [3.8, 4) is 16.9 Å². The number of nitrogens with zero attached hydrogens (tertiary/aromatic N) is 1. The van der Waals surface area contributed by atoms with Crippen molar-refractivity contribution in [2.75, 3.05) is 0 Å². The number of rotatable bonds is 5. The van der Waals surface area contributed by atoms with Gasteiger partial charge < -0.3 is 9.72 Å². The molecule has 32 heavy (non-hydrogen) atoms. The average molecular weight is 461 g/mol. The molecule has 6 nitrogen and oxygen atoms in total. The highest BCUT2D eigenvalue weighted by Gasteiger charge is 2.30. The van der Waals surface area contributed by atoms with E-state index in [4.69, 9.17) is 9.88 Å². The molecular formula is C22H18F3N3O3S. The number of nitrogens with two attached hydrogens (primary N) is 1. The van der Waals surface area contributed by atoms with E-state index < -0.39 is 27.9 Å². The number of H-pyrrole nitrogens is 1. The molecule has 1 heterocycles. The van der Waals surface area contributed by atoms with Crippen molar-refractivity contribution in [2.24, 2.45) is 5.14 Å². The minimum atomic E-state index is -4.41. The molecule has 10 heteroatoms. The molecule has 166 valence electrons. The van der Waals surface area contributed by atoms with Crippen LogP contribution in [0.25, 0.3) is 22.2 Å². The topological polar surface area (TPSA) is 98.1 Å². The normalized spacial score (nSPS) is 13.3. The Hall–Kier alpha value is -3.37. The van der Waals surface area contributed by atoms with E-state index >= 15 is 0 Å². The minimum Gasteiger partial charge on any atom is -0.483 e. The second kappa shape index (κ2) is 7.95. The van der Waals surface area contributed by atoms with Gasteiger partial charge in [-0.2, -0.15) is 13.2 Å². The predicted molar refractivity (Wildman–Crippen MR) is 113 cm³/mol. The number of aromatic nitrogens is 2. The van der Waals surface area contributed by atoms with E-state index in [0.29, 0.717) is 28.0 Å². The first-order chi connectivity index (χ1) is 15.0. The predicted octanol–water partition coefficient (Wildman–Crippen LogP) is 5.04. The fourth-order valence-electron chi connectivity index (χ4n) is 3.32. The van der Waals surface area contributed by atoms with Crippen LogP contribution in [0.2, 0.25) is 0 Å². The Morgan fingerprint density at radius 1 is 1.03 bits per heavy atom. The van der Waals surface area contributed by atoms with Gasteiger partial charge in [0.25, 0.3) is 0 Å². The summed E-state index contributed by atoms with van der Waals surface area (Å²) in [5.74, 6) is 0.741. The molecule has 3 N–H and O–H groups in total. The summed E-state index contributed by atoms with van der Waals surface area (Å²) in [7, 11) is -3.91. The number of ether oxygens (including phenoxy) is 1. The standard InChI is InChI=1S/C22H18F3N3O3S/c1-13(31-16-9-7-15(8-10-16)22(23,24)25)21-27-18-11-6-14(12-19(18)28-21)17-4-2-3-5-20(17)32(26,29)30/h2-13H,1H3,(H,27,28)(H2,26,29,30). The van der Waals surface area contributed by atoms with Crippen LogP contribution in [0.15, 0.2) is 71.6 Å². The SMILES string of the molecule is CC(Oc1ccc(C(F)(F)F)cc1)c1nc2cc(-c3ccccc3S(N)(=O)=O)ccc2[nH]1. The summed E-state index contributed by atoms with van der Waals surface area (Å²) < 4.78 is 67.7. The molecule has 1 atom stereocenters. The van der Waals surface area contributed by atoms with Gasteiger partial charge in [-0.05, 0) is 55.0 Å². The van der Waals surface area contributed by atoms with Crippen LogP contribution in [-0.4, -0.2) is 18.4 Å². The van der Waals surface area contributed by atoms with Crippen molar-refractivity contribution in [1.82, 2.24) is 9.97 Å². The Kier molecular flexibility index (Phi) is 5.43. The summed E-state index contributed by atoms with van der Waals surface area (Å²) in [6.45, 7) is 1.71. The van der Waals surface area contributed by atoms with Crippen LogP contribution in [0, 0.1) is 0 Å². The summed E-state index contributed by atoms with van der Waals surface area (Å²) in [6.07, 6.45) is -4.98. The van der Waals surface area contributed by atoms with E-state index in [1.807, 2.05) is 0 Å². The van der Waals surface area contributed by atoms with Gasteiger partial charge in [-0.1, -0.05) is 24.3 Å². The van der Waals surface area contributed by atoms with Crippen LogP contribution in [-0.2, 0) is 16.2 Å². The number of fused-ring (bicyclic) bond motifs is 1. The quantitative estimate of drug-likeness (QED) is 0.435. The summed E-state index contributed by atoms with van der Waals surface area (Å²) in [6, 6.07) is 16.0. The lowest BCUT2D eigenvalue weighted by Crippen LogP contribution is -2.13. The maximum atomic E-state index is 12.7. The number of sulfonamides is 1. The molecule has 0 saturated heterocycles. The zero-order valence-electron chi connectivity index (χ0n) is 16.7. The van der Waals surface area contributed by atoms with E-state index in [9.17, 15) is 21.6 Å². The van der Waals surface area contributed by atoms with Gasteiger partial charge in [0.05, 0.1) is 21.5 Å². The molecule has 0 aliphatic rings. The lowest BCUT2D eigenvalue weighted by molar-refractivity contribution is -0.137. The number of hydrogen-bond donors (Lipinski definition) is 2. The molecule has 4 aromatic rings. The van der Waals surface area contributed by atoms with Crippen LogP contribution >= 0.6 is 0 Å². The molecule has 3 aromatic carbocycles. The Balaban J connectivity index is 1.61. The summed E-state index contributed by atoms with van der Waals surface area (Å²) in [5, 5.41) is 5.33. The number of halogens is 3. The van der Waals surface area contributed by atoms with Crippen LogP contribution in [0.3, 0.4) is 0 Å². The van der Waals surface area contributed by atoms with E-state index in [0.717, 1.165) is 12.1 Å². The molecule has 0 spiro atoms. The number of imidazole rings is 1. The van der Waals surface area contributed by atoms with Gasteiger partial charge in [0.2, 0.25) is 10.0 Å². The maximum absolute atomic E-state index is 12.7. The molecule has 1 unspecified atom stereocenters. The molecule has 0 saturated carbocycles. The second-order valence-electron chi connectivity index (χ2n) is 7.18. The van der Waals surface area contributed by atoms with Crippen molar-refractivity contribution in [1.29, 1.82) is 0 Å². The largest absolute Gasteiger partial charge is 0.483 e. The Morgan fingerprint density at radius 2 is 1.72 bits per heavy atom. The fraction of sp³-hybridized carbons (Fsp3) is 0.136. The number of primary sulfonamides is 1. The average Bonchev–Trinajstić information content (AvgIpc) is 3.16. The Labute approximate surface area is 181 Å². The molecule has 0 aliphatic carbocycles. The molecular weight excluding hydrogens is 443 g/mol. The summed E-state index contributed by atoms with van der Waals surface area (Å²) >= 11 is 0. The first-order valence-electron chi connectivity index (χ1n) is 9.48. The third-order valence-corrected chi connectivity index (χ3v) is 5.85. The van der Waals surface area contributed by atoms with Gasteiger partial charge in [0, 0.05) is 5.56 Å². The van der Waals surface area contributed by atoms with Crippen molar-refractivity contribution < 1.29 is 26.3 Å². The van der Waals surface area contributed by atoms with Gasteiger partial charge >= 0.3 is 6.18 Å².